The van der Waals surface area contributed by atoms with Crippen molar-refractivity contribution in [3.63, 3.8) is 0 Å². The molecule has 1 aliphatic carbocycles. The van der Waals surface area contributed by atoms with Gasteiger partial charge in [-0.2, -0.15) is 0 Å². The fourth-order valence-corrected chi connectivity index (χ4v) is 4.50. The van der Waals surface area contributed by atoms with Gasteiger partial charge in [0.1, 0.15) is 18.7 Å². The molecular weight excluding hydrogens is 364 g/mol. The van der Waals surface area contributed by atoms with Gasteiger partial charge in [0, 0.05) is 31.2 Å². The predicted molar refractivity (Wildman–Crippen MR) is 118 cm³/mol. The summed E-state index contributed by atoms with van der Waals surface area (Å²) in [4.78, 5) is 16.9. The molecule has 0 saturated heterocycles. The van der Waals surface area contributed by atoms with E-state index in [0.717, 1.165) is 29.0 Å². The molecule has 29 heavy (non-hydrogen) atoms. The van der Waals surface area contributed by atoms with Crippen molar-refractivity contribution >= 4 is 11.6 Å². The summed E-state index contributed by atoms with van der Waals surface area (Å²) < 4.78 is 6.37. The van der Waals surface area contributed by atoms with Crippen LogP contribution in [-0.4, -0.2) is 31.9 Å². The number of benzene rings is 1. The first-order valence-electron chi connectivity index (χ1n) is 10.2. The number of rotatable bonds is 11. The van der Waals surface area contributed by atoms with Crippen LogP contribution in [0.1, 0.15) is 45.6 Å². The largest absolute Gasteiger partial charge is 0.398 e. The summed E-state index contributed by atoms with van der Waals surface area (Å²) in [5.74, 6) is 1.10. The van der Waals surface area contributed by atoms with Gasteiger partial charge in [-0.05, 0) is 31.4 Å². The molecule has 3 unspecified atom stereocenters. The Morgan fingerprint density at radius 2 is 2.00 bits per heavy atom. The van der Waals surface area contributed by atoms with E-state index < -0.39 is 0 Å². The number of carbonyl (C=O) groups is 1. The molecule has 0 aliphatic heterocycles. The highest BCUT2D eigenvalue weighted by molar-refractivity contribution is 5.84. The first-order chi connectivity index (χ1) is 13.9. The molecule has 1 saturated carbocycles. The molecule has 158 valence electrons. The van der Waals surface area contributed by atoms with Crippen LogP contribution in [0.5, 0.6) is 0 Å². The summed E-state index contributed by atoms with van der Waals surface area (Å²) in [6, 6.07) is 10.1. The third-order valence-electron chi connectivity index (χ3n) is 5.88. The lowest BCUT2D eigenvalue weighted by atomic mass is 9.84. The van der Waals surface area contributed by atoms with Crippen molar-refractivity contribution in [2.75, 3.05) is 14.2 Å². The Morgan fingerprint density at radius 1 is 1.31 bits per heavy atom. The molecule has 0 bridgehead atoms. The summed E-state index contributed by atoms with van der Waals surface area (Å²) in [6.07, 6.45) is 3.96. The van der Waals surface area contributed by atoms with Crippen LogP contribution in [0, 0.1) is 11.3 Å². The van der Waals surface area contributed by atoms with Gasteiger partial charge < -0.3 is 19.7 Å². The lowest BCUT2D eigenvalue weighted by molar-refractivity contribution is -0.117. The highest BCUT2D eigenvalue weighted by Gasteiger charge is 2.66. The second-order valence-corrected chi connectivity index (χ2v) is 7.67. The number of hydrogen-bond acceptors (Lipinski definition) is 4. The van der Waals surface area contributed by atoms with Crippen LogP contribution in [-0.2, 0) is 21.0 Å². The minimum absolute atomic E-state index is 0.00282. The van der Waals surface area contributed by atoms with Crippen LogP contribution in [0.3, 0.4) is 0 Å². The second kappa shape index (κ2) is 10.4. The third kappa shape index (κ3) is 5.15. The van der Waals surface area contributed by atoms with Gasteiger partial charge in [0.05, 0.1) is 12.7 Å². The van der Waals surface area contributed by atoms with Crippen LogP contribution in [0.2, 0.25) is 0 Å². The predicted octanol–water partition coefficient (Wildman–Crippen LogP) is 4.65. The molecule has 0 aromatic heterocycles. The fourth-order valence-electron chi connectivity index (χ4n) is 4.50. The van der Waals surface area contributed by atoms with Gasteiger partial charge in [0.25, 0.3) is 0 Å². The number of nitrogens with zero attached hydrogens (tertiary/aromatic N) is 1. The van der Waals surface area contributed by atoms with E-state index in [0.29, 0.717) is 19.4 Å². The number of Topliss-reactive ketones (excluding diaryl/α,β-unsaturated/α-hetero) is 1. The van der Waals surface area contributed by atoms with Crippen LogP contribution in [0.15, 0.2) is 59.3 Å². The highest BCUT2D eigenvalue weighted by Crippen LogP contribution is 2.64. The minimum atomic E-state index is -0.196. The molecule has 1 aliphatic rings. The molecule has 0 heterocycles. The van der Waals surface area contributed by atoms with E-state index in [2.05, 4.69) is 43.0 Å². The Balaban J connectivity index is 2.32. The van der Waals surface area contributed by atoms with Crippen molar-refractivity contribution in [3.8, 4) is 0 Å². The number of carbonyl (C=O) groups excluding carboxylic acids is 1. The SMILES string of the molecule is C=C/C(=C(\C)C/C(=N/OC)NC)C1(CC)C(CC(C)=O)C1OCc1ccccc1. The Labute approximate surface area is 174 Å². The molecule has 0 radical (unpaired) electrons. The maximum absolute atomic E-state index is 12.0. The fraction of sp³-hybridized carbons (Fsp3) is 0.500. The van der Waals surface area contributed by atoms with Crippen LogP contribution >= 0.6 is 0 Å². The number of allylic oxidation sites excluding steroid dienone is 1. The standard InChI is InChI=1S/C24H34N2O3/c1-7-20(17(3)14-22(25-5)26-28-6)24(8-2)21(15-18(4)27)23(24)29-16-19-12-10-9-11-13-19/h7,9-13,21,23H,1,8,14-16H2,2-6H3,(H,25,26)/b20-17-. The van der Waals surface area contributed by atoms with Crippen molar-refractivity contribution in [2.45, 2.75) is 52.7 Å². The number of nitrogens with one attached hydrogen (secondary N) is 1. The summed E-state index contributed by atoms with van der Waals surface area (Å²) in [5, 5.41) is 7.12. The monoisotopic (exact) mass is 398 g/mol. The van der Waals surface area contributed by atoms with E-state index >= 15 is 0 Å². The van der Waals surface area contributed by atoms with Gasteiger partial charge in [-0.3, -0.25) is 0 Å². The van der Waals surface area contributed by atoms with Crippen LogP contribution in [0.25, 0.3) is 0 Å². The van der Waals surface area contributed by atoms with E-state index in [4.69, 9.17) is 9.57 Å². The zero-order valence-electron chi connectivity index (χ0n) is 18.3. The van der Waals surface area contributed by atoms with Crippen molar-refractivity contribution in [3.05, 3.63) is 59.7 Å². The second-order valence-electron chi connectivity index (χ2n) is 7.67. The van der Waals surface area contributed by atoms with E-state index in [1.807, 2.05) is 31.3 Å². The summed E-state index contributed by atoms with van der Waals surface area (Å²) in [6.45, 7) is 10.5. The average molecular weight is 399 g/mol. The normalized spacial score (nSPS) is 24.5. The van der Waals surface area contributed by atoms with E-state index in [1.54, 1.807) is 6.92 Å². The Bertz CT molecular complexity index is 770. The molecule has 0 amide bonds. The van der Waals surface area contributed by atoms with Gasteiger partial charge in [-0.15, -0.1) is 0 Å². The molecule has 1 aromatic rings. The van der Waals surface area contributed by atoms with Crippen molar-refractivity contribution in [2.24, 2.45) is 16.5 Å². The van der Waals surface area contributed by atoms with Gasteiger partial charge in [-0.25, -0.2) is 0 Å². The average Bonchev–Trinajstić information content (AvgIpc) is 3.32. The van der Waals surface area contributed by atoms with Gasteiger partial charge in [0.15, 0.2) is 0 Å². The van der Waals surface area contributed by atoms with E-state index in [1.165, 1.54) is 7.11 Å². The van der Waals surface area contributed by atoms with Gasteiger partial charge in [0.2, 0.25) is 0 Å². The summed E-state index contributed by atoms with van der Waals surface area (Å²) >= 11 is 0. The molecule has 1 aromatic carbocycles. The lowest BCUT2D eigenvalue weighted by Gasteiger charge is -2.21. The number of amidine groups is 1. The van der Waals surface area contributed by atoms with Crippen molar-refractivity contribution < 1.29 is 14.4 Å². The van der Waals surface area contributed by atoms with E-state index in [-0.39, 0.29) is 23.2 Å². The number of oxime groups is 1. The summed E-state index contributed by atoms with van der Waals surface area (Å²) in [7, 11) is 3.37. The summed E-state index contributed by atoms with van der Waals surface area (Å²) in [5.41, 5.74) is 3.25. The third-order valence-corrected chi connectivity index (χ3v) is 5.88. The minimum Gasteiger partial charge on any atom is -0.398 e. The molecular formula is C24H34N2O3. The van der Waals surface area contributed by atoms with Crippen LogP contribution in [0.4, 0.5) is 0 Å². The lowest BCUT2D eigenvalue weighted by Crippen LogP contribution is -2.21. The maximum atomic E-state index is 12.0. The Morgan fingerprint density at radius 3 is 2.52 bits per heavy atom. The quantitative estimate of drug-likeness (QED) is 0.255. The Kier molecular flexibility index (Phi) is 8.21. The van der Waals surface area contributed by atoms with Crippen LogP contribution < -0.4 is 5.32 Å². The zero-order valence-corrected chi connectivity index (χ0v) is 18.3. The molecule has 2 rings (SSSR count). The zero-order chi connectivity index (χ0) is 21.4. The molecule has 5 heteroatoms. The van der Waals surface area contributed by atoms with Gasteiger partial charge >= 0.3 is 0 Å². The smallest absolute Gasteiger partial charge is 0.145 e. The van der Waals surface area contributed by atoms with Gasteiger partial charge in [-0.1, -0.05) is 60.6 Å². The maximum Gasteiger partial charge on any atom is 0.145 e. The van der Waals surface area contributed by atoms with Crippen molar-refractivity contribution in [1.82, 2.24) is 5.32 Å². The van der Waals surface area contributed by atoms with Crippen molar-refractivity contribution in [1.29, 1.82) is 0 Å². The molecule has 1 fully saturated rings. The molecule has 5 nitrogen and oxygen atoms in total. The highest BCUT2D eigenvalue weighted by atomic mass is 16.6. The molecule has 1 N–H and O–H groups in total. The number of hydrogen-bond donors (Lipinski definition) is 1. The first kappa shape index (κ1) is 22.9. The molecule has 0 spiro atoms. The number of ether oxygens (including phenoxy) is 1. The Hall–Kier alpha value is -2.40. The topological polar surface area (TPSA) is 59.9 Å². The first-order valence-corrected chi connectivity index (χ1v) is 10.2. The van der Waals surface area contributed by atoms with E-state index in [9.17, 15) is 4.79 Å². The number of ketones is 1. The molecule has 3 atom stereocenters.